The first-order chi connectivity index (χ1) is 9.02. The van der Waals surface area contributed by atoms with Gasteiger partial charge in [-0.3, -0.25) is 9.59 Å². The van der Waals surface area contributed by atoms with Crippen LogP contribution in [0.3, 0.4) is 0 Å². The van der Waals surface area contributed by atoms with Gasteiger partial charge in [-0.15, -0.1) is 0 Å². The van der Waals surface area contributed by atoms with E-state index >= 15 is 0 Å². The third-order valence-corrected chi connectivity index (χ3v) is 2.52. The second-order valence-electron chi connectivity index (χ2n) is 4.09. The van der Waals surface area contributed by atoms with E-state index in [0.29, 0.717) is 5.56 Å². The Bertz CT molecular complexity index is 434. The highest BCUT2D eigenvalue weighted by molar-refractivity contribution is 5.78. The van der Waals surface area contributed by atoms with Crippen LogP contribution in [-0.4, -0.2) is 30.1 Å². The van der Waals surface area contributed by atoms with Crippen molar-refractivity contribution in [3.63, 3.8) is 0 Å². The molecule has 0 aliphatic rings. The minimum atomic E-state index is -0.578. The normalized spacial score (nSPS) is 11.7. The van der Waals surface area contributed by atoms with Crippen molar-refractivity contribution in [2.24, 2.45) is 0 Å². The number of halogens is 1. The van der Waals surface area contributed by atoms with Gasteiger partial charge >= 0.3 is 0 Å². The van der Waals surface area contributed by atoms with E-state index < -0.39 is 6.04 Å². The minimum absolute atomic E-state index is 0.122. The van der Waals surface area contributed by atoms with Crippen LogP contribution in [0.25, 0.3) is 0 Å². The summed E-state index contributed by atoms with van der Waals surface area (Å²) in [5.74, 6) is -0.875. The Labute approximate surface area is 110 Å². The summed E-state index contributed by atoms with van der Waals surface area (Å²) in [6.45, 7) is 1.33. The number of carbonyl (C=O) groups excluding carboxylic acids is 2. The van der Waals surface area contributed by atoms with Crippen molar-refractivity contribution < 1.29 is 19.1 Å². The fourth-order valence-electron chi connectivity index (χ4n) is 1.55. The molecule has 0 saturated heterocycles. The molecular weight excluding hydrogens is 251 g/mol. The van der Waals surface area contributed by atoms with Gasteiger partial charge in [-0.2, -0.15) is 0 Å². The molecule has 6 heteroatoms. The lowest BCUT2D eigenvalue weighted by atomic mass is 10.1. The van der Waals surface area contributed by atoms with Crippen LogP contribution in [0.15, 0.2) is 24.3 Å². The van der Waals surface area contributed by atoms with Crippen LogP contribution >= 0.6 is 0 Å². The summed E-state index contributed by atoms with van der Waals surface area (Å²) >= 11 is 0. The fourth-order valence-corrected chi connectivity index (χ4v) is 1.55. The molecule has 1 aromatic carbocycles. The molecule has 104 valence electrons. The van der Waals surface area contributed by atoms with Crippen molar-refractivity contribution in [2.45, 2.75) is 19.4 Å². The van der Waals surface area contributed by atoms with E-state index in [2.05, 4.69) is 10.6 Å². The largest absolute Gasteiger partial charge is 0.394 e. The highest BCUT2D eigenvalue weighted by Crippen LogP contribution is 2.13. The number of benzene rings is 1. The lowest BCUT2D eigenvalue weighted by molar-refractivity contribution is -0.122. The standard InChI is InChI=1S/C13H17FN2O3/c1-9(18)15-7-6-13(19)16-12(8-17)10-2-4-11(14)5-3-10/h2-5,12,17H,6-8H2,1H3,(H,15,18)(H,16,19). The number of aliphatic hydroxyl groups excluding tert-OH is 1. The molecule has 2 amide bonds. The molecule has 0 radical (unpaired) electrons. The number of hydrogen-bond donors (Lipinski definition) is 3. The molecule has 3 N–H and O–H groups in total. The molecule has 0 aliphatic carbocycles. The summed E-state index contributed by atoms with van der Waals surface area (Å²) in [4.78, 5) is 22.2. The van der Waals surface area contributed by atoms with Crippen LogP contribution in [0.2, 0.25) is 0 Å². The molecule has 1 aromatic rings. The van der Waals surface area contributed by atoms with Crippen molar-refractivity contribution in [1.82, 2.24) is 10.6 Å². The second kappa shape index (κ2) is 7.48. The molecular formula is C13H17FN2O3. The molecule has 1 atom stereocenters. The number of rotatable bonds is 6. The Morgan fingerprint density at radius 3 is 2.47 bits per heavy atom. The third-order valence-electron chi connectivity index (χ3n) is 2.52. The topological polar surface area (TPSA) is 78.4 Å². The molecule has 0 spiro atoms. The first kappa shape index (κ1) is 15.1. The number of hydrogen-bond acceptors (Lipinski definition) is 3. The minimum Gasteiger partial charge on any atom is -0.394 e. The summed E-state index contributed by atoms with van der Waals surface area (Å²) < 4.78 is 12.8. The Kier molecular flexibility index (Phi) is 5.95. The van der Waals surface area contributed by atoms with Crippen LogP contribution in [0.5, 0.6) is 0 Å². The monoisotopic (exact) mass is 268 g/mol. The van der Waals surface area contributed by atoms with E-state index in [1.54, 1.807) is 0 Å². The Hall–Kier alpha value is -1.95. The van der Waals surface area contributed by atoms with Crippen LogP contribution in [0.4, 0.5) is 4.39 Å². The molecule has 1 rings (SSSR count). The average Bonchev–Trinajstić information content (AvgIpc) is 2.36. The van der Waals surface area contributed by atoms with Gasteiger partial charge in [-0.25, -0.2) is 4.39 Å². The number of amides is 2. The number of carbonyl (C=O) groups is 2. The quantitative estimate of drug-likeness (QED) is 0.703. The Morgan fingerprint density at radius 1 is 1.32 bits per heavy atom. The van der Waals surface area contributed by atoms with Crippen LogP contribution in [0.1, 0.15) is 24.9 Å². The molecule has 19 heavy (non-hydrogen) atoms. The van der Waals surface area contributed by atoms with Crippen molar-refractivity contribution in [3.8, 4) is 0 Å². The second-order valence-corrected chi connectivity index (χ2v) is 4.09. The van der Waals surface area contributed by atoms with E-state index in [4.69, 9.17) is 0 Å². The van der Waals surface area contributed by atoms with Gasteiger partial charge in [0.15, 0.2) is 0 Å². The van der Waals surface area contributed by atoms with Crippen LogP contribution < -0.4 is 10.6 Å². The van der Waals surface area contributed by atoms with Gasteiger partial charge < -0.3 is 15.7 Å². The molecule has 0 fully saturated rings. The molecule has 1 unspecified atom stereocenters. The molecule has 0 saturated carbocycles. The van der Waals surface area contributed by atoms with Gasteiger partial charge in [0.25, 0.3) is 0 Å². The van der Waals surface area contributed by atoms with Crippen molar-refractivity contribution >= 4 is 11.8 Å². The maximum absolute atomic E-state index is 12.8. The number of aliphatic hydroxyl groups is 1. The van der Waals surface area contributed by atoms with Gasteiger partial charge in [0.2, 0.25) is 11.8 Å². The molecule has 0 aliphatic heterocycles. The highest BCUT2D eigenvalue weighted by atomic mass is 19.1. The predicted octanol–water partition coefficient (Wildman–Crippen LogP) is 0.502. The zero-order valence-corrected chi connectivity index (χ0v) is 10.6. The lowest BCUT2D eigenvalue weighted by Gasteiger charge is -2.16. The Balaban J connectivity index is 2.50. The molecule has 0 bridgehead atoms. The maximum atomic E-state index is 12.8. The SMILES string of the molecule is CC(=O)NCCC(=O)NC(CO)c1ccc(F)cc1. The average molecular weight is 268 g/mol. The smallest absolute Gasteiger partial charge is 0.222 e. The molecule has 0 aromatic heterocycles. The van der Waals surface area contributed by atoms with E-state index in [0.717, 1.165) is 0 Å². The summed E-state index contributed by atoms with van der Waals surface area (Å²) in [6.07, 6.45) is 0.122. The fraction of sp³-hybridized carbons (Fsp3) is 0.385. The zero-order valence-electron chi connectivity index (χ0n) is 10.6. The van der Waals surface area contributed by atoms with E-state index in [1.165, 1.54) is 31.2 Å². The first-order valence-electron chi connectivity index (χ1n) is 5.93. The predicted molar refractivity (Wildman–Crippen MR) is 67.7 cm³/mol. The van der Waals surface area contributed by atoms with Crippen LogP contribution in [-0.2, 0) is 9.59 Å². The number of nitrogens with one attached hydrogen (secondary N) is 2. The van der Waals surface area contributed by atoms with Crippen LogP contribution in [0, 0.1) is 5.82 Å². The molecule has 0 heterocycles. The van der Waals surface area contributed by atoms with Gasteiger partial charge in [-0.05, 0) is 17.7 Å². The Morgan fingerprint density at radius 2 is 1.95 bits per heavy atom. The summed E-state index contributed by atoms with van der Waals surface area (Å²) in [5.41, 5.74) is 0.622. The maximum Gasteiger partial charge on any atom is 0.222 e. The highest BCUT2D eigenvalue weighted by Gasteiger charge is 2.13. The molecule has 5 nitrogen and oxygen atoms in total. The van der Waals surface area contributed by atoms with Crippen molar-refractivity contribution in [2.75, 3.05) is 13.2 Å². The summed E-state index contributed by atoms with van der Waals surface area (Å²) in [7, 11) is 0. The summed E-state index contributed by atoms with van der Waals surface area (Å²) in [6, 6.07) is 4.96. The van der Waals surface area contributed by atoms with E-state index in [-0.39, 0.29) is 37.2 Å². The zero-order chi connectivity index (χ0) is 14.3. The summed E-state index contributed by atoms with van der Waals surface area (Å²) in [5, 5.41) is 14.3. The van der Waals surface area contributed by atoms with Gasteiger partial charge in [0.1, 0.15) is 5.82 Å². The van der Waals surface area contributed by atoms with Crippen molar-refractivity contribution in [3.05, 3.63) is 35.6 Å². The first-order valence-corrected chi connectivity index (χ1v) is 5.93. The van der Waals surface area contributed by atoms with Gasteiger partial charge in [-0.1, -0.05) is 12.1 Å². The van der Waals surface area contributed by atoms with Gasteiger partial charge in [0.05, 0.1) is 12.6 Å². The third kappa shape index (κ3) is 5.48. The van der Waals surface area contributed by atoms with Gasteiger partial charge in [0, 0.05) is 19.9 Å². The van der Waals surface area contributed by atoms with E-state index in [1.807, 2.05) is 0 Å². The van der Waals surface area contributed by atoms with E-state index in [9.17, 15) is 19.1 Å². The van der Waals surface area contributed by atoms with Crippen molar-refractivity contribution in [1.29, 1.82) is 0 Å². The lowest BCUT2D eigenvalue weighted by Crippen LogP contribution is -2.33.